The van der Waals surface area contributed by atoms with Gasteiger partial charge in [-0.2, -0.15) is 0 Å². The lowest BCUT2D eigenvalue weighted by Crippen LogP contribution is -2.37. The number of pyridine rings is 2. The monoisotopic (exact) mass is 524 g/mol. The predicted molar refractivity (Wildman–Crippen MR) is 149 cm³/mol. The molecule has 2 aliphatic heterocycles. The number of aromatic nitrogens is 2. The Kier molecular flexibility index (Phi) is 11.5. The van der Waals surface area contributed by atoms with E-state index < -0.39 is 0 Å². The van der Waals surface area contributed by atoms with E-state index in [9.17, 15) is 9.59 Å². The fraction of sp³-hybridized carbons (Fsp3) is 0.586. The average Bonchev–Trinajstić information content (AvgIpc) is 3.35. The molecule has 2 fully saturated rings. The molecule has 0 aromatic carbocycles. The van der Waals surface area contributed by atoms with Crippen molar-refractivity contribution in [3.05, 3.63) is 54.0 Å². The molecule has 2 aliphatic rings. The summed E-state index contributed by atoms with van der Waals surface area (Å²) in [7, 11) is 1.57. The van der Waals surface area contributed by atoms with Crippen LogP contribution in [0, 0.1) is 0 Å². The van der Waals surface area contributed by atoms with Crippen LogP contribution in [0.2, 0.25) is 0 Å². The van der Waals surface area contributed by atoms with E-state index in [0.29, 0.717) is 29.2 Å². The highest BCUT2D eigenvalue weighted by molar-refractivity contribution is 5.94. The minimum absolute atomic E-state index is 0.0567. The zero-order chi connectivity index (χ0) is 27.5. The minimum Gasteiger partial charge on any atom is -0.481 e. The van der Waals surface area contributed by atoms with Gasteiger partial charge in [0.15, 0.2) is 0 Å². The van der Waals surface area contributed by atoms with Crippen molar-refractivity contribution in [2.24, 2.45) is 0 Å². The largest absolute Gasteiger partial charge is 0.481 e. The molecule has 4 heterocycles. The molecule has 9 nitrogen and oxygen atoms in total. The van der Waals surface area contributed by atoms with Crippen LogP contribution in [-0.4, -0.2) is 113 Å². The summed E-state index contributed by atoms with van der Waals surface area (Å²) in [5, 5.41) is 0. The van der Waals surface area contributed by atoms with Crippen LogP contribution in [0.5, 0.6) is 5.88 Å². The van der Waals surface area contributed by atoms with Gasteiger partial charge in [0.05, 0.1) is 12.7 Å². The van der Waals surface area contributed by atoms with Gasteiger partial charge in [0.25, 0.3) is 11.8 Å². The maximum atomic E-state index is 12.5. The van der Waals surface area contributed by atoms with Gasteiger partial charge in [-0.25, -0.2) is 4.98 Å². The number of carbonyl (C=O) groups is 2. The molecule has 4 rings (SSSR count). The van der Waals surface area contributed by atoms with E-state index in [4.69, 9.17) is 4.74 Å². The van der Waals surface area contributed by atoms with Gasteiger partial charge >= 0.3 is 0 Å². The molecule has 2 aromatic heterocycles. The highest BCUT2D eigenvalue weighted by Gasteiger charge is 2.23. The smallest absolute Gasteiger partial charge is 0.272 e. The van der Waals surface area contributed by atoms with Gasteiger partial charge in [-0.3, -0.25) is 24.4 Å². The van der Waals surface area contributed by atoms with Gasteiger partial charge in [-0.15, -0.1) is 0 Å². The highest BCUT2D eigenvalue weighted by atomic mass is 16.5. The Balaban J connectivity index is 0.000000212. The Morgan fingerprint density at radius 3 is 1.82 bits per heavy atom. The normalized spacial score (nSPS) is 17.4. The number of hydrogen-bond acceptors (Lipinski definition) is 7. The quantitative estimate of drug-likeness (QED) is 0.594. The molecule has 208 valence electrons. The molecule has 0 radical (unpaired) electrons. The topological polar surface area (TPSA) is 82.1 Å². The van der Waals surface area contributed by atoms with Crippen molar-refractivity contribution in [2.45, 2.75) is 52.6 Å². The molecule has 0 unspecified atom stereocenters. The number of amides is 2. The van der Waals surface area contributed by atoms with E-state index in [-0.39, 0.29) is 11.8 Å². The number of hydrogen-bond donors (Lipinski definition) is 0. The third kappa shape index (κ3) is 8.49. The molecule has 2 saturated heterocycles. The first-order valence-corrected chi connectivity index (χ1v) is 13.8. The van der Waals surface area contributed by atoms with Gasteiger partial charge in [0.1, 0.15) is 5.69 Å². The number of carbonyl (C=O) groups excluding carboxylic acids is 2. The van der Waals surface area contributed by atoms with Crippen molar-refractivity contribution in [1.82, 2.24) is 29.6 Å². The van der Waals surface area contributed by atoms with Crippen LogP contribution in [0.25, 0.3) is 0 Å². The molecule has 0 N–H and O–H groups in total. The summed E-state index contributed by atoms with van der Waals surface area (Å²) in [6.45, 7) is 16.1. The lowest BCUT2D eigenvalue weighted by molar-refractivity contribution is 0.0748. The summed E-state index contributed by atoms with van der Waals surface area (Å²) in [5.74, 6) is 0.648. The lowest BCUT2D eigenvalue weighted by Gasteiger charge is -2.24. The van der Waals surface area contributed by atoms with Crippen molar-refractivity contribution in [3.8, 4) is 5.88 Å². The average molecular weight is 525 g/mol. The standard InChI is InChI=1S/C15H23N3O2.C14H21N3O/c1-12(2)17-7-4-8-18(10-9-17)15(19)13-5-6-14(20-3)16-11-13;1-12(2)16-8-5-9-17(11-10-16)14(18)13-6-3-4-7-15-13/h5-6,11-12H,4,7-10H2,1-3H3;3-4,6-7,12H,5,8-11H2,1-2H3. The van der Waals surface area contributed by atoms with Crippen LogP contribution in [0.15, 0.2) is 42.7 Å². The summed E-state index contributed by atoms with van der Waals surface area (Å²) in [6, 6.07) is 10.1. The number of methoxy groups -OCH3 is 1. The number of rotatable bonds is 5. The van der Waals surface area contributed by atoms with Crippen LogP contribution in [0.1, 0.15) is 61.4 Å². The zero-order valence-electron chi connectivity index (χ0n) is 23.7. The van der Waals surface area contributed by atoms with E-state index in [0.717, 1.165) is 65.2 Å². The molecule has 38 heavy (non-hydrogen) atoms. The molecular formula is C29H44N6O3. The number of nitrogens with zero attached hydrogens (tertiary/aromatic N) is 6. The summed E-state index contributed by atoms with van der Waals surface area (Å²) >= 11 is 0. The molecule has 0 saturated carbocycles. The van der Waals surface area contributed by atoms with Crippen LogP contribution in [-0.2, 0) is 0 Å². The molecule has 0 spiro atoms. The Bertz CT molecular complexity index is 999. The van der Waals surface area contributed by atoms with E-state index in [1.807, 2.05) is 21.9 Å². The van der Waals surface area contributed by atoms with E-state index in [1.54, 1.807) is 37.7 Å². The maximum Gasteiger partial charge on any atom is 0.272 e. The molecule has 9 heteroatoms. The summed E-state index contributed by atoms with van der Waals surface area (Å²) < 4.78 is 5.01. The Morgan fingerprint density at radius 1 is 0.737 bits per heavy atom. The maximum absolute atomic E-state index is 12.5. The van der Waals surface area contributed by atoms with Crippen molar-refractivity contribution < 1.29 is 14.3 Å². The van der Waals surface area contributed by atoms with E-state index >= 15 is 0 Å². The first-order chi connectivity index (χ1) is 18.3. The minimum atomic E-state index is 0.0567. The van der Waals surface area contributed by atoms with Gasteiger partial charge in [0.2, 0.25) is 5.88 Å². The zero-order valence-corrected chi connectivity index (χ0v) is 23.7. The van der Waals surface area contributed by atoms with Crippen LogP contribution >= 0.6 is 0 Å². The Hall–Kier alpha value is -3.04. The number of ether oxygens (including phenoxy) is 1. The first kappa shape index (κ1) is 29.5. The SMILES string of the molecule is CC(C)N1CCCN(C(=O)c2ccccn2)CC1.COc1ccc(C(=O)N2CCCN(C(C)C)CC2)cn1. The second-order valence-electron chi connectivity index (χ2n) is 10.4. The van der Waals surface area contributed by atoms with Crippen molar-refractivity contribution in [1.29, 1.82) is 0 Å². The van der Waals surface area contributed by atoms with Crippen LogP contribution < -0.4 is 4.74 Å². The van der Waals surface area contributed by atoms with Gasteiger partial charge in [-0.1, -0.05) is 6.07 Å². The lowest BCUT2D eigenvalue weighted by atomic mass is 10.2. The third-order valence-electron chi connectivity index (χ3n) is 7.17. The molecule has 0 aliphatic carbocycles. The van der Waals surface area contributed by atoms with Crippen LogP contribution in [0.3, 0.4) is 0 Å². The Morgan fingerprint density at radius 2 is 1.34 bits per heavy atom. The van der Waals surface area contributed by atoms with Gasteiger partial charge in [0, 0.05) is 82.9 Å². The molecule has 0 atom stereocenters. The van der Waals surface area contributed by atoms with E-state index in [2.05, 4.69) is 47.5 Å². The first-order valence-electron chi connectivity index (χ1n) is 13.8. The summed E-state index contributed by atoms with van der Waals surface area (Å²) in [4.78, 5) is 41.6. The summed E-state index contributed by atoms with van der Waals surface area (Å²) in [5.41, 5.74) is 1.18. The van der Waals surface area contributed by atoms with Crippen molar-refractivity contribution in [3.63, 3.8) is 0 Å². The summed E-state index contributed by atoms with van der Waals surface area (Å²) in [6.07, 6.45) is 5.32. The molecule has 0 bridgehead atoms. The van der Waals surface area contributed by atoms with Crippen molar-refractivity contribution in [2.75, 3.05) is 59.5 Å². The molecule has 2 aromatic rings. The second kappa shape index (κ2) is 14.8. The fourth-order valence-electron chi connectivity index (χ4n) is 4.78. The molecular weight excluding hydrogens is 480 g/mol. The highest BCUT2D eigenvalue weighted by Crippen LogP contribution is 2.13. The van der Waals surface area contributed by atoms with Gasteiger partial charge < -0.3 is 14.5 Å². The third-order valence-corrected chi connectivity index (χ3v) is 7.17. The van der Waals surface area contributed by atoms with Crippen molar-refractivity contribution >= 4 is 11.8 Å². The van der Waals surface area contributed by atoms with Gasteiger partial charge in [-0.05, 0) is 58.7 Å². The van der Waals surface area contributed by atoms with Crippen LogP contribution in [0.4, 0.5) is 0 Å². The van der Waals surface area contributed by atoms with E-state index in [1.165, 1.54) is 0 Å². The fourth-order valence-corrected chi connectivity index (χ4v) is 4.78. The Labute approximate surface area is 227 Å². The second-order valence-corrected chi connectivity index (χ2v) is 10.4. The predicted octanol–water partition coefficient (Wildman–Crippen LogP) is 3.28. The molecule has 2 amide bonds.